The third kappa shape index (κ3) is 2.16. The Morgan fingerprint density at radius 2 is 2.30 bits per heavy atom. The van der Waals surface area contributed by atoms with E-state index in [1.807, 2.05) is 29.5 Å². The van der Waals surface area contributed by atoms with E-state index in [9.17, 15) is 5.11 Å². The molecule has 0 bridgehead atoms. The van der Waals surface area contributed by atoms with Crippen molar-refractivity contribution in [1.82, 2.24) is 19.5 Å². The Labute approximate surface area is 134 Å². The summed E-state index contributed by atoms with van der Waals surface area (Å²) >= 11 is 6.41. The fourth-order valence-electron chi connectivity index (χ4n) is 2.39. The number of rotatable bonds is 2. The molecule has 0 aromatic carbocycles. The molecule has 1 fully saturated rings. The van der Waals surface area contributed by atoms with Crippen LogP contribution in [0, 0.1) is 3.83 Å². The Bertz CT molecular complexity index is 651. The molecule has 2 aromatic rings. The van der Waals surface area contributed by atoms with Crippen LogP contribution in [0.3, 0.4) is 0 Å². The molecule has 0 unspecified atom stereocenters. The first-order chi connectivity index (χ1) is 9.52. The second-order valence-corrected chi connectivity index (χ2v) is 6.22. The SMILES string of the molecule is CC[C@H]1O[C@@H](n2cnc3c(N)nc(I)nc32)[C@H](O)[C@@H]1S. The highest BCUT2D eigenvalue weighted by Gasteiger charge is 2.42. The zero-order valence-corrected chi connectivity index (χ0v) is 13.7. The number of halogens is 1. The number of fused-ring (bicyclic) bond motifs is 1. The zero-order valence-electron chi connectivity index (χ0n) is 10.6. The lowest BCUT2D eigenvalue weighted by atomic mass is 10.1. The van der Waals surface area contributed by atoms with Crippen molar-refractivity contribution in [2.45, 2.75) is 37.0 Å². The first-order valence-electron chi connectivity index (χ1n) is 6.20. The molecule has 0 aliphatic carbocycles. The monoisotopic (exact) mass is 407 g/mol. The van der Waals surface area contributed by atoms with Crippen LogP contribution in [0.25, 0.3) is 11.2 Å². The van der Waals surface area contributed by atoms with Gasteiger partial charge in [0, 0.05) is 22.6 Å². The van der Waals surface area contributed by atoms with Crippen molar-refractivity contribution in [2.24, 2.45) is 0 Å². The molecular formula is C11H14IN5O2S. The van der Waals surface area contributed by atoms with Gasteiger partial charge in [0.2, 0.25) is 0 Å². The summed E-state index contributed by atoms with van der Waals surface area (Å²) in [5, 5.41) is 10.1. The van der Waals surface area contributed by atoms with Crippen LogP contribution in [0.1, 0.15) is 19.6 Å². The molecule has 0 radical (unpaired) electrons. The molecule has 3 heterocycles. The van der Waals surface area contributed by atoms with Gasteiger partial charge in [-0.1, -0.05) is 6.92 Å². The number of aromatic nitrogens is 4. The number of anilines is 1. The summed E-state index contributed by atoms with van der Waals surface area (Å²) in [6, 6.07) is 0. The maximum Gasteiger partial charge on any atom is 0.194 e. The Morgan fingerprint density at radius 3 is 2.95 bits per heavy atom. The third-order valence-electron chi connectivity index (χ3n) is 3.43. The molecule has 3 rings (SSSR count). The molecule has 7 nitrogen and oxygen atoms in total. The molecule has 20 heavy (non-hydrogen) atoms. The number of thiol groups is 1. The Balaban J connectivity index is 2.07. The van der Waals surface area contributed by atoms with E-state index in [1.54, 1.807) is 10.9 Å². The van der Waals surface area contributed by atoms with Gasteiger partial charge in [-0.2, -0.15) is 12.6 Å². The fraction of sp³-hybridized carbons (Fsp3) is 0.545. The number of nitrogen functional groups attached to an aromatic ring is 1. The molecule has 9 heteroatoms. The first kappa shape index (κ1) is 14.3. The Kier molecular flexibility index (Phi) is 3.77. The highest BCUT2D eigenvalue weighted by atomic mass is 127. The minimum absolute atomic E-state index is 0.103. The van der Waals surface area contributed by atoms with E-state index < -0.39 is 12.3 Å². The van der Waals surface area contributed by atoms with Gasteiger partial charge in [-0.3, -0.25) is 4.57 Å². The van der Waals surface area contributed by atoms with Gasteiger partial charge in [-0.25, -0.2) is 15.0 Å². The van der Waals surface area contributed by atoms with E-state index in [-0.39, 0.29) is 11.4 Å². The summed E-state index contributed by atoms with van der Waals surface area (Å²) in [6.07, 6.45) is 0.961. The van der Waals surface area contributed by atoms with Crippen LogP contribution in [0.5, 0.6) is 0 Å². The van der Waals surface area contributed by atoms with Gasteiger partial charge in [0.15, 0.2) is 21.5 Å². The van der Waals surface area contributed by atoms with Crippen molar-refractivity contribution in [3.8, 4) is 0 Å². The number of imidazole rings is 1. The molecule has 1 aliphatic heterocycles. The number of nitrogens with zero attached hydrogens (tertiary/aromatic N) is 4. The predicted molar refractivity (Wildman–Crippen MR) is 85.4 cm³/mol. The second-order valence-electron chi connectivity index (χ2n) is 4.66. The van der Waals surface area contributed by atoms with Crippen LogP contribution in [-0.4, -0.2) is 42.1 Å². The van der Waals surface area contributed by atoms with Crippen molar-refractivity contribution in [1.29, 1.82) is 0 Å². The average molecular weight is 407 g/mol. The summed E-state index contributed by atoms with van der Waals surface area (Å²) in [5.74, 6) is 0.320. The Morgan fingerprint density at radius 1 is 1.55 bits per heavy atom. The lowest BCUT2D eigenvalue weighted by Crippen LogP contribution is -2.26. The summed E-state index contributed by atoms with van der Waals surface area (Å²) in [6.45, 7) is 2.00. The zero-order chi connectivity index (χ0) is 14.4. The normalized spacial score (nSPS) is 30.2. The highest BCUT2D eigenvalue weighted by molar-refractivity contribution is 14.1. The average Bonchev–Trinajstić information content (AvgIpc) is 2.93. The van der Waals surface area contributed by atoms with E-state index in [1.165, 1.54) is 0 Å². The van der Waals surface area contributed by atoms with Gasteiger partial charge < -0.3 is 15.6 Å². The maximum atomic E-state index is 10.3. The molecule has 0 amide bonds. The largest absolute Gasteiger partial charge is 0.387 e. The van der Waals surface area contributed by atoms with Gasteiger partial charge in [0.05, 0.1) is 17.7 Å². The van der Waals surface area contributed by atoms with Crippen LogP contribution < -0.4 is 5.73 Å². The first-order valence-corrected chi connectivity index (χ1v) is 7.79. The quantitative estimate of drug-likeness (QED) is 0.390. The Hall–Kier alpha value is -0.650. The molecular weight excluding hydrogens is 393 g/mol. The molecule has 108 valence electrons. The van der Waals surface area contributed by atoms with Crippen molar-refractivity contribution in [2.75, 3.05) is 5.73 Å². The van der Waals surface area contributed by atoms with E-state index in [0.717, 1.165) is 6.42 Å². The molecule has 3 N–H and O–H groups in total. The van der Waals surface area contributed by atoms with Crippen LogP contribution in [0.4, 0.5) is 5.82 Å². The second kappa shape index (κ2) is 5.28. The van der Waals surface area contributed by atoms with Gasteiger partial charge in [0.1, 0.15) is 11.6 Å². The standard InChI is InChI=1S/C11H14IN5O2S/c1-2-4-7(20)6(18)10(19-4)17-3-14-5-8(13)15-11(12)16-9(5)17/h3-4,6-7,10,18,20H,2H2,1H3,(H2,13,15,16)/t4-,6-,7-,10-/m1/s1. The van der Waals surface area contributed by atoms with Crippen molar-refractivity contribution < 1.29 is 9.84 Å². The molecule has 1 aliphatic rings. The van der Waals surface area contributed by atoms with E-state index in [4.69, 9.17) is 10.5 Å². The predicted octanol–water partition coefficient (Wildman–Crippen LogP) is 0.980. The number of aliphatic hydroxyl groups is 1. The van der Waals surface area contributed by atoms with Crippen molar-refractivity contribution >= 4 is 52.2 Å². The van der Waals surface area contributed by atoms with Gasteiger partial charge in [-0.15, -0.1) is 0 Å². The van der Waals surface area contributed by atoms with Crippen LogP contribution in [0.15, 0.2) is 6.33 Å². The summed E-state index contributed by atoms with van der Waals surface area (Å²) in [4.78, 5) is 12.6. The van der Waals surface area contributed by atoms with Crippen LogP contribution in [0.2, 0.25) is 0 Å². The number of hydrogen-bond acceptors (Lipinski definition) is 7. The minimum Gasteiger partial charge on any atom is -0.387 e. The highest BCUT2D eigenvalue weighted by Crippen LogP contribution is 2.35. The number of nitrogens with two attached hydrogens (primary N) is 1. The van der Waals surface area contributed by atoms with Crippen LogP contribution >= 0.6 is 35.2 Å². The molecule has 0 spiro atoms. The van der Waals surface area contributed by atoms with E-state index in [0.29, 0.717) is 20.8 Å². The molecule has 4 atom stereocenters. The van der Waals surface area contributed by atoms with E-state index in [2.05, 4.69) is 27.6 Å². The van der Waals surface area contributed by atoms with Gasteiger partial charge in [0.25, 0.3) is 0 Å². The summed E-state index contributed by atoms with van der Waals surface area (Å²) in [7, 11) is 0. The number of aliphatic hydroxyl groups excluding tert-OH is 1. The van der Waals surface area contributed by atoms with Crippen molar-refractivity contribution in [3.63, 3.8) is 0 Å². The number of ether oxygens (including phenoxy) is 1. The lowest BCUT2D eigenvalue weighted by Gasteiger charge is -2.16. The molecule has 2 aromatic heterocycles. The van der Waals surface area contributed by atoms with Gasteiger partial charge >= 0.3 is 0 Å². The summed E-state index contributed by atoms with van der Waals surface area (Å²) in [5.41, 5.74) is 6.90. The smallest absolute Gasteiger partial charge is 0.194 e. The molecule has 1 saturated heterocycles. The topological polar surface area (TPSA) is 99.1 Å². The fourth-order valence-corrected chi connectivity index (χ4v) is 3.31. The third-order valence-corrected chi connectivity index (χ3v) is 4.56. The maximum absolute atomic E-state index is 10.3. The van der Waals surface area contributed by atoms with Crippen LogP contribution in [-0.2, 0) is 4.74 Å². The summed E-state index contributed by atoms with van der Waals surface area (Å²) < 4.78 is 8.08. The lowest BCUT2D eigenvalue weighted by molar-refractivity contribution is -0.0355. The molecule has 0 saturated carbocycles. The van der Waals surface area contributed by atoms with Crippen molar-refractivity contribution in [3.05, 3.63) is 10.2 Å². The van der Waals surface area contributed by atoms with E-state index >= 15 is 0 Å². The number of hydrogen-bond donors (Lipinski definition) is 3. The van der Waals surface area contributed by atoms with Gasteiger partial charge in [-0.05, 0) is 6.42 Å². The minimum atomic E-state index is -0.727.